The van der Waals surface area contributed by atoms with Crippen LogP contribution in [0.2, 0.25) is 0 Å². The predicted molar refractivity (Wildman–Crippen MR) is 96.2 cm³/mol. The Kier molecular flexibility index (Phi) is 6.17. The lowest BCUT2D eigenvalue weighted by molar-refractivity contribution is -0.120. The zero-order chi connectivity index (χ0) is 18.6. The third-order valence-electron chi connectivity index (χ3n) is 4.37. The first-order valence-electron chi connectivity index (χ1n) is 8.70. The van der Waals surface area contributed by atoms with Crippen LogP contribution in [0.25, 0.3) is 0 Å². The molecule has 8 heteroatoms. The normalized spacial score (nSPS) is 16.6. The number of carbonyl (C=O) groups excluding carboxylic acids is 2. The fourth-order valence-corrected chi connectivity index (χ4v) is 3.05. The number of carbonyl (C=O) groups is 2. The monoisotopic (exact) mass is 348 g/mol. The summed E-state index contributed by atoms with van der Waals surface area (Å²) in [5, 5.41) is 5.60. The fraction of sp³-hybridized carbons (Fsp3) is 0.647. The van der Waals surface area contributed by atoms with Crippen molar-refractivity contribution in [2.75, 3.05) is 18.0 Å². The Labute approximate surface area is 148 Å². The number of amides is 3. The molecule has 2 heterocycles. The third kappa shape index (κ3) is 5.30. The quantitative estimate of drug-likeness (QED) is 0.731. The van der Waals surface area contributed by atoms with Crippen molar-refractivity contribution >= 4 is 17.8 Å². The topological polar surface area (TPSA) is 113 Å². The van der Waals surface area contributed by atoms with E-state index in [4.69, 9.17) is 5.73 Å². The van der Waals surface area contributed by atoms with Gasteiger partial charge >= 0.3 is 6.03 Å². The number of piperidine rings is 1. The van der Waals surface area contributed by atoms with Crippen LogP contribution in [0.4, 0.5) is 10.6 Å². The number of hydrogen-bond acceptors (Lipinski definition) is 5. The van der Waals surface area contributed by atoms with Crippen LogP contribution in [-0.4, -0.2) is 47.1 Å². The number of aryl methyl sites for hydroxylation is 2. The van der Waals surface area contributed by atoms with Crippen molar-refractivity contribution in [1.82, 2.24) is 20.6 Å². The molecule has 8 nitrogen and oxygen atoms in total. The molecule has 1 aromatic heterocycles. The van der Waals surface area contributed by atoms with Gasteiger partial charge in [0.25, 0.3) is 0 Å². The minimum absolute atomic E-state index is 0.0469. The second-order valence-corrected chi connectivity index (χ2v) is 6.92. The molecular formula is C17H28N6O2. The van der Waals surface area contributed by atoms with Crippen LogP contribution in [0, 0.1) is 19.8 Å². The van der Waals surface area contributed by atoms with Crippen LogP contribution in [0.5, 0.6) is 0 Å². The SMILES string of the molecule is Cc1cc(N2CCC(NC(=O)N[C@@H](C(N)=O)C(C)C)CC2)nc(C)n1. The molecule has 2 rings (SSSR count). The first kappa shape index (κ1) is 19.0. The number of urea groups is 1. The number of nitrogens with one attached hydrogen (secondary N) is 2. The molecule has 0 saturated carbocycles. The summed E-state index contributed by atoms with van der Waals surface area (Å²) in [6, 6.07) is 1.05. The van der Waals surface area contributed by atoms with Crippen LogP contribution >= 0.6 is 0 Å². The van der Waals surface area contributed by atoms with Crippen molar-refractivity contribution in [2.45, 2.75) is 52.6 Å². The highest BCUT2D eigenvalue weighted by Crippen LogP contribution is 2.18. The number of primary amides is 1. The van der Waals surface area contributed by atoms with Crippen LogP contribution in [0.3, 0.4) is 0 Å². The molecule has 0 aromatic carbocycles. The van der Waals surface area contributed by atoms with E-state index in [9.17, 15) is 9.59 Å². The lowest BCUT2D eigenvalue weighted by Crippen LogP contribution is -2.54. The minimum atomic E-state index is -0.660. The lowest BCUT2D eigenvalue weighted by atomic mass is 10.0. The molecule has 3 amide bonds. The Bertz CT molecular complexity index is 605. The van der Waals surface area contributed by atoms with Gasteiger partial charge in [-0.15, -0.1) is 0 Å². The van der Waals surface area contributed by atoms with E-state index >= 15 is 0 Å². The van der Waals surface area contributed by atoms with E-state index in [-0.39, 0.29) is 18.0 Å². The van der Waals surface area contributed by atoms with Crippen LogP contribution in [0.1, 0.15) is 38.2 Å². The predicted octanol–water partition coefficient (Wildman–Crippen LogP) is 0.871. The fourth-order valence-electron chi connectivity index (χ4n) is 3.05. The lowest BCUT2D eigenvalue weighted by Gasteiger charge is -2.33. The van der Waals surface area contributed by atoms with Crippen LogP contribution in [-0.2, 0) is 4.79 Å². The Hall–Kier alpha value is -2.38. The number of rotatable bonds is 5. The van der Waals surface area contributed by atoms with Crippen molar-refractivity contribution in [1.29, 1.82) is 0 Å². The van der Waals surface area contributed by atoms with Gasteiger partial charge in [-0.2, -0.15) is 0 Å². The van der Waals surface area contributed by atoms with Crippen molar-refractivity contribution in [2.24, 2.45) is 11.7 Å². The molecule has 1 aliphatic heterocycles. The van der Waals surface area contributed by atoms with E-state index in [1.807, 2.05) is 33.8 Å². The molecule has 4 N–H and O–H groups in total. The number of aromatic nitrogens is 2. The van der Waals surface area contributed by atoms with E-state index in [1.54, 1.807) is 0 Å². The molecule has 25 heavy (non-hydrogen) atoms. The largest absolute Gasteiger partial charge is 0.368 e. The van der Waals surface area contributed by atoms with E-state index in [2.05, 4.69) is 25.5 Å². The van der Waals surface area contributed by atoms with Gasteiger partial charge in [0, 0.05) is 30.9 Å². The maximum absolute atomic E-state index is 12.1. The molecule has 0 spiro atoms. The van der Waals surface area contributed by atoms with Gasteiger partial charge in [-0.1, -0.05) is 13.8 Å². The average molecular weight is 348 g/mol. The molecule has 1 aliphatic rings. The van der Waals surface area contributed by atoms with E-state index in [1.165, 1.54) is 0 Å². The van der Waals surface area contributed by atoms with Gasteiger partial charge in [0.05, 0.1) is 0 Å². The summed E-state index contributed by atoms with van der Waals surface area (Å²) in [7, 11) is 0. The maximum Gasteiger partial charge on any atom is 0.315 e. The standard InChI is InChI=1S/C17H28N6O2/c1-10(2)15(16(18)24)22-17(25)21-13-5-7-23(8-6-13)14-9-11(3)19-12(4)20-14/h9-10,13,15H,5-8H2,1-4H3,(H2,18,24)(H2,21,22,25)/t15-/m1/s1. The smallest absolute Gasteiger partial charge is 0.315 e. The third-order valence-corrected chi connectivity index (χ3v) is 4.37. The van der Waals surface area contributed by atoms with Gasteiger partial charge in [-0.05, 0) is 32.6 Å². The Balaban J connectivity index is 1.85. The molecule has 138 valence electrons. The zero-order valence-electron chi connectivity index (χ0n) is 15.4. The van der Waals surface area contributed by atoms with Gasteiger partial charge in [0.15, 0.2) is 0 Å². The summed E-state index contributed by atoms with van der Waals surface area (Å²) in [6.07, 6.45) is 1.64. The number of anilines is 1. The van der Waals surface area contributed by atoms with Gasteiger partial charge in [0.2, 0.25) is 5.91 Å². The number of hydrogen-bond donors (Lipinski definition) is 3. The molecule has 1 fully saturated rings. The molecule has 0 bridgehead atoms. The molecule has 0 radical (unpaired) electrons. The van der Waals surface area contributed by atoms with E-state index in [0.717, 1.165) is 43.3 Å². The summed E-state index contributed by atoms with van der Waals surface area (Å²) < 4.78 is 0. The first-order valence-corrected chi connectivity index (χ1v) is 8.70. The highest BCUT2D eigenvalue weighted by Gasteiger charge is 2.25. The summed E-state index contributed by atoms with van der Waals surface area (Å²) in [5.41, 5.74) is 6.28. The Morgan fingerprint density at radius 3 is 2.40 bits per heavy atom. The summed E-state index contributed by atoms with van der Waals surface area (Å²) in [5.74, 6) is 1.13. The second kappa shape index (κ2) is 8.13. The molecule has 1 atom stereocenters. The molecular weight excluding hydrogens is 320 g/mol. The van der Waals surface area contributed by atoms with Crippen molar-refractivity contribution in [3.63, 3.8) is 0 Å². The van der Waals surface area contributed by atoms with Gasteiger partial charge < -0.3 is 21.3 Å². The van der Waals surface area contributed by atoms with Crippen molar-refractivity contribution < 1.29 is 9.59 Å². The van der Waals surface area contributed by atoms with Gasteiger partial charge in [-0.3, -0.25) is 4.79 Å². The second-order valence-electron chi connectivity index (χ2n) is 6.92. The molecule has 1 aromatic rings. The van der Waals surface area contributed by atoms with E-state index < -0.39 is 11.9 Å². The number of nitrogens with two attached hydrogens (primary N) is 1. The Morgan fingerprint density at radius 2 is 1.88 bits per heavy atom. The summed E-state index contributed by atoms with van der Waals surface area (Å²) in [6.45, 7) is 9.16. The zero-order valence-corrected chi connectivity index (χ0v) is 15.4. The summed E-state index contributed by atoms with van der Waals surface area (Å²) >= 11 is 0. The van der Waals surface area contributed by atoms with Crippen molar-refractivity contribution in [3.8, 4) is 0 Å². The minimum Gasteiger partial charge on any atom is -0.368 e. The van der Waals surface area contributed by atoms with Crippen LogP contribution < -0.4 is 21.3 Å². The number of nitrogens with zero attached hydrogens (tertiary/aromatic N) is 3. The van der Waals surface area contributed by atoms with Gasteiger partial charge in [-0.25, -0.2) is 14.8 Å². The first-order chi connectivity index (χ1) is 11.8. The molecule has 0 aliphatic carbocycles. The average Bonchev–Trinajstić information content (AvgIpc) is 2.51. The molecule has 1 saturated heterocycles. The molecule has 0 unspecified atom stereocenters. The highest BCUT2D eigenvalue weighted by molar-refractivity contribution is 5.86. The van der Waals surface area contributed by atoms with Gasteiger partial charge in [0.1, 0.15) is 17.7 Å². The van der Waals surface area contributed by atoms with Crippen LogP contribution in [0.15, 0.2) is 6.07 Å². The van der Waals surface area contributed by atoms with Crippen molar-refractivity contribution in [3.05, 3.63) is 17.6 Å². The Morgan fingerprint density at radius 1 is 1.24 bits per heavy atom. The van der Waals surface area contributed by atoms with E-state index in [0.29, 0.717) is 0 Å². The summed E-state index contributed by atoms with van der Waals surface area (Å²) in [4.78, 5) is 34.5. The highest BCUT2D eigenvalue weighted by atomic mass is 16.2. The maximum atomic E-state index is 12.1.